The molecule has 0 aromatic carbocycles. The van der Waals surface area contributed by atoms with Crippen molar-refractivity contribution in [2.75, 3.05) is 20.1 Å². The van der Waals surface area contributed by atoms with Gasteiger partial charge in [-0.1, -0.05) is 11.1 Å². The van der Waals surface area contributed by atoms with Gasteiger partial charge in [-0.25, -0.2) is 0 Å². The maximum absolute atomic E-state index is 10.4. The summed E-state index contributed by atoms with van der Waals surface area (Å²) < 4.78 is 20.9. The van der Waals surface area contributed by atoms with Crippen molar-refractivity contribution in [2.24, 2.45) is 0 Å². The highest BCUT2D eigenvalue weighted by atomic mass is 32.2. The Hall–Kier alpha value is 0.0700. The number of hydrogen-bond acceptors (Lipinski definition) is 3. The minimum absolute atomic E-state index is 0.0869. The first-order chi connectivity index (χ1) is 4.70. The second-order valence-corrected chi connectivity index (χ2v) is 3.95. The zero-order valence-corrected chi connectivity index (χ0v) is 6.89. The second kappa shape index (κ2) is 3.46. The minimum Gasteiger partial charge on any atom is -0.772 e. The molecule has 1 aliphatic rings. The Kier molecular flexibility index (Phi) is 2.82. The van der Waals surface area contributed by atoms with E-state index < -0.39 is 11.1 Å². The number of likely N-dealkylation sites (tertiary alicyclic amines) is 1. The van der Waals surface area contributed by atoms with E-state index >= 15 is 0 Å². The molecule has 0 spiro atoms. The summed E-state index contributed by atoms with van der Waals surface area (Å²) in [5.74, 6) is 0. The maximum Gasteiger partial charge on any atom is 0.0240 e. The van der Waals surface area contributed by atoms with Crippen LogP contribution in [0.2, 0.25) is 0 Å². The lowest BCUT2D eigenvalue weighted by Crippen LogP contribution is -2.34. The van der Waals surface area contributed by atoms with Crippen LogP contribution in [-0.2, 0) is 11.1 Å². The van der Waals surface area contributed by atoms with E-state index in [0.29, 0.717) is 0 Å². The summed E-state index contributed by atoms with van der Waals surface area (Å²) in [7, 11) is 2.02. The molecular weight excluding hydrogens is 150 g/mol. The summed E-state index contributed by atoms with van der Waals surface area (Å²) in [6.07, 6.45) is 1.60. The lowest BCUT2D eigenvalue weighted by atomic mass is 10.1. The molecule has 1 fully saturated rings. The van der Waals surface area contributed by atoms with Gasteiger partial charge in [0.15, 0.2) is 0 Å². The van der Waals surface area contributed by atoms with E-state index in [1.807, 2.05) is 7.05 Å². The Balaban J connectivity index is 2.33. The third-order valence-corrected chi connectivity index (χ3v) is 2.95. The predicted molar refractivity (Wildman–Crippen MR) is 39.4 cm³/mol. The van der Waals surface area contributed by atoms with E-state index in [1.165, 1.54) is 0 Å². The average molecular weight is 162 g/mol. The fourth-order valence-electron chi connectivity index (χ4n) is 1.18. The van der Waals surface area contributed by atoms with Gasteiger partial charge in [-0.05, 0) is 33.0 Å². The molecule has 4 heteroatoms. The van der Waals surface area contributed by atoms with E-state index in [0.717, 1.165) is 25.9 Å². The monoisotopic (exact) mass is 162 g/mol. The molecule has 10 heavy (non-hydrogen) atoms. The van der Waals surface area contributed by atoms with Gasteiger partial charge < -0.3 is 9.45 Å². The van der Waals surface area contributed by atoms with Crippen molar-refractivity contribution in [2.45, 2.75) is 18.1 Å². The first-order valence-electron chi connectivity index (χ1n) is 3.47. The number of piperidine rings is 1. The van der Waals surface area contributed by atoms with Crippen molar-refractivity contribution in [1.29, 1.82) is 0 Å². The van der Waals surface area contributed by atoms with Gasteiger partial charge in [-0.2, -0.15) is 0 Å². The quantitative estimate of drug-likeness (QED) is 0.508. The van der Waals surface area contributed by atoms with Crippen molar-refractivity contribution < 1.29 is 8.76 Å². The molecule has 0 saturated carbocycles. The van der Waals surface area contributed by atoms with Crippen molar-refractivity contribution >= 4 is 11.1 Å². The summed E-state index contributed by atoms with van der Waals surface area (Å²) in [5, 5.41) is -0.0869. The molecule has 1 atom stereocenters. The van der Waals surface area contributed by atoms with Crippen LogP contribution < -0.4 is 0 Å². The van der Waals surface area contributed by atoms with Crippen LogP contribution in [0.15, 0.2) is 0 Å². The number of hydrogen-bond donors (Lipinski definition) is 0. The highest BCUT2D eigenvalue weighted by Gasteiger charge is 2.16. The van der Waals surface area contributed by atoms with Crippen molar-refractivity contribution in [3.63, 3.8) is 0 Å². The summed E-state index contributed by atoms with van der Waals surface area (Å²) in [4.78, 5) is 2.16. The number of nitrogens with zero attached hydrogens (tertiary/aromatic N) is 1. The van der Waals surface area contributed by atoms with Crippen molar-refractivity contribution in [3.05, 3.63) is 0 Å². The first kappa shape index (κ1) is 8.17. The van der Waals surface area contributed by atoms with Gasteiger partial charge in [0.05, 0.1) is 0 Å². The molecular formula is C6H12NO2S-. The third-order valence-electron chi connectivity index (χ3n) is 1.94. The van der Waals surface area contributed by atoms with Crippen molar-refractivity contribution in [3.8, 4) is 0 Å². The van der Waals surface area contributed by atoms with Gasteiger partial charge in [0, 0.05) is 5.25 Å². The van der Waals surface area contributed by atoms with Gasteiger partial charge in [0.2, 0.25) is 0 Å². The van der Waals surface area contributed by atoms with E-state index in [-0.39, 0.29) is 5.25 Å². The molecule has 1 saturated heterocycles. The molecule has 0 aliphatic carbocycles. The molecule has 0 aromatic heterocycles. The molecule has 0 aromatic rings. The van der Waals surface area contributed by atoms with E-state index in [2.05, 4.69) is 4.90 Å². The minimum atomic E-state index is -1.84. The molecule has 1 unspecified atom stereocenters. The Morgan fingerprint density at radius 3 is 2.40 bits per heavy atom. The van der Waals surface area contributed by atoms with Crippen LogP contribution in [-0.4, -0.2) is 39.0 Å². The molecule has 0 amide bonds. The summed E-state index contributed by atoms with van der Waals surface area (Å²) in [5.41, 5.74) is 0. The lowest BCUT2D eigenvalue weighted by molar-refractivity contribution is 0.276. The lowest BCUT2D eigenvalue weighted by Gasteiger charge is -2.29. The van der Waals surface area contributed by atoms with Crippen LogP contribution in [0, 0.1) is 0 Å². The highest BCUT2D eigenvalue weighted by Crippen LogP contribution is 2.12. The van der Waals surface area contributed by atoms with Crippen LogP contribution in [0.25, 0.3) is 0 Å². The predicted octanol–water partition coefficient (Wildman–Crippen LogP) is -0.0403. The molecule has 1 rings (SSSR count). The van der Waals surface area contributed by atoms with E-state index in [4.69, 9.17) is 0 Å². The third kappa shape index (κ3) is 2.04. The van der Waals surface area contributed by atoms with Crippen LogP contribution in [0.3, 0.4) is 0 Å². The van der Waals surface area contributed by atoms with Crippen LogP contribution >= 0.6 is 0 Å². The van der Waals surface area contributed by atoms with Crippen LogP contribution in [0.1, 0.15) is 12.8 Å². The summed E-state index contributed by atoms with van der Waals surface area (Å²) >= 11 is -1.84. The Morgan fingerprint density at radius 1 is 1.50 bits per heavy atom. The first-order valence-corrected chi connectivity index (χ1v) is 4.60. The molecule has 0 radical (unpaired) electrons. The number of rotatable bonds is 1. The zero-order valence-electron chi connectivity index (χ0n) is 6.08. The van der Waals surface area contributed by atoms with Gasteiger partial charge in [-0.15, -0.1) is 0 Å². The molecule has 1 heterocycles. The van der Waals surface area contributed by atoms with Crippen LogP contribution in [0.5, 0.6) is 0 Å². The fraction of sp³-hybridized carbons (Fsp3) is 1.00. The van der Waals surface area contributed by atoms with E-state index in [1.54, 1.807) is 0 Å². The van der Waals surface area contributed by atoms with E-state index in [9.17, 15) is 8.76 Å². The Morgan fingerprint density at radius 2 is 2.00 bits per heavy atom. The standard InChI is InChI=1S/C6H13NO2S/c1-7-4-2-6(3-5-7)10(8)9/h6H,2-5H2,1H3,(H,8,9)/p-1. The summed E-state index contributed by atoms with van der Waals surface area (Å²) in [6, 6.07) is 0. The molecule has 3 nitrogen and oxygen atoms in total. The van der Waals surface area contributed by atoms with Gasteiger partial charge >= 0.3 is 0 Å². The Labute approximate surface area is 63.7 Å². The SMILES string of the molecule is CN1CCC(S(=O)[O-])CC1. The maximum atomic E-state index is 10.4. The average Bonchev–Trinajstić information content (AvgIpc) is 1.88. The van der Waals surface area contributed by atoms with Gasteiger partial charge in [0.1, 0.15) is 0 Å². The van der Waals surface area contributed by atoms with Crippen molar-refractivity contribution in [1.82, 2.24) is 4.90 Å². The highest BCUT2D eigenvalue weighted by molar-refractivity contribution is 7.79. The zero-order chi connectivity index (χ0) is 7.56. The summed E-state index contributed by atoms with van der Waals surface area (Å²) in [6.45, 7) is 1.83. The smallest absolute Gasteiger partial charge is 0.0240 e. The van der Waals surface area contributed by atoms with Gasteiger partial charge in [0.25, 0.3) is 0 Å². The largest absolute Gasteiger partial charge is 0.772 e. The normalized spacial score (nSPS) is 26.6. The Bertz CT molecular complexity index is 132. The molecule has 60 valence electrons. The molecule has 0 N–H and O–H groups in total. The molecule has 1 aliphatic heterocycles. The van der Waals surface area contributed by atoms with Gasteiger partial charge in [-0.3, -0.25) is 4.21 Å². The molecule has 0 bridgehead atoms. The van der Waals surface area contributed by atoms with Crippen LogP contribution in [0.4, 0.5) is 0 Å². The fourth-order valence-corrected chi connectivity index (χ4v) is 1.77. The topological polar surface area (TPSA) is 43.4 Å². The second-order valence-electron chi connectivity index (χ2n) is 2.76.